The van der Waals surface area contributed by atoms with Crippen LogP contribution in [-0.4, -0.2) is 16.9 Å². The summed E-state index contributed by atoms with van der Waals surface area (Å²) in [5, 5.41) is 4.06. The predicted molar refractivity (Wildman–Crippen MR) is 107 cm³/mol. The molecule has 4 heteroatoms. The first kappa shape index (κ1) is 20.5. The number of halogens is 1. The molecule has 0 fully saturated rings. The number of H-pyrrole nitrogens is 1. The average Bonchev–Trinajstić information content (AvgIpc) is 3.02. The normalized spacial score (nSPS) is 12.4. The summed E-state index contributed by atoms with van der Waals surface area (Å²) in [5.41, 5.74) is 1.99. The maximum Gasteiger partial charge on any atom is 0.220 e. The number of hydrogen-bond donors (Lipinski definition) is 2. The molecule has 26 heavy (non-hydrogen) atoms. The highest BCUT2D eigenvalue weighted by Gasteiger charge is 2.14. The molecule has 1 unspecified atom stereocenters. The fourth-order valence-electron chi connectivity index (χ4n) is 3.42. The largest absolute Gasteiger partial charge is 0.361 e. The van der Waals surface area contributed by atoms with Gasteiger partial charge in [-0.05, 0) is 43.0 Å². The number of fused-ring (bicyclic) bond motifs is 1. The number of carbonyl (C=O) groups is 1. The standard InChI is InChI=1S/C22H33FN2O/c1-3-5-6-7-8-9-10-11-22(26)25-19(4-2)14-17-16-24-21-13-12-18(23)15-20(17)21/h12-13,15-16,19,24H,3-11,14H2,1-2H3,(H,25,26). The molecular weight excluding hydrogens is 327 g/mol. The summed E-state index contributed by atoms with van der Waals surface area (Å²) in [7, 11) is 0. The first-order chi connectivity index (χ1) is 12.6. The van der Waals surface area contributed by atoms with E-state index in [1.54, 1.807) is 12.1 Å². The van der Waals surface area contributed by atoms with E-state index in [9.17, 15) is 9.18 Å². The smallest absolute Gasteiger partial charge is 0.220 e. The molecule has 1 amide bonds. The van der Waals surface area contributed by atoms with Crippen molar-refractivity contribution in [3.05, 3.63) is 35.8 Å². The molecule has 0 bridgehead atoms. The first-order valence-corrected chi connectivity index (χ1v) is 10.2. The van der Waals surface area contributed by atoms with E-state index < -0.39 is 0 Å². The van der Waals surface area contributed by atoms with Crippen molar-refractivity contribution in [1.29, 1.82) is 0 Å². The van der Waals surface area contributed by atoms with E-state index in [0.29, 0.717) is 6.42 Å². The van der Waals surface area contributed by atoms with Crippen molar-refractivity contribution in [1.82, 2.24) is 10.3 Å². The molecule has 1 aromatic heterocycles. The maximum absolute atomic E-state index is 13.5. The molecule has 0 aliphatic heterocycles. The number of aromatic nitrogens is 1. The summed E-state index contributed by atoms with van der Waals surface area (Å²) in [5.74, 6) is -0.0919. The summed E-state index contributed by atoms with van der Waals surface area (Å²) in [4.78, 5) is 15.4. The van der Waals surface area contributed by atoms with Crippen molar-refractivity contribution in [2.45, 2.75) is 84.1 Å². The lowest BCUT2D eigenvalue weighted by Crippen LogP contribution is -2.35. The van der Waals surface area contributed by atoms with Gasteiger partial charge in [0.2, 0.25) is 5.91 Å². The molecule has 1 aromatic carbocycles. The Bertz CT molecular complexity index is 680. The minimum absolute atomic E-state index is 0.0920. The van der Waals surface area contributed by atoms with Crippen LogP contribution in [0.1, 0.15) is 77.2 Å². The molecule has 0 aliphatic carbocycles. The van der Waals surface area contributed by atoms with E-state index in [-0.39, 0.29) is 17.8 Å². The monoisotopic (exact) mass is 360 g/mol. The molecule has 144 valence electrons. The fraction of sp³-hybridized carbons (Fsp3) is 0.591. The van der Waals surface area contributed by atoms with Crippen LogP contribution in [0, 0.1) is 5.82 Å². The lowest BCUT2D eigenvalue weighted by molar-refractivity contribution is -0.121. The molecule has 0 saturated carbocycles. The lowest BCUT2D eigenvalue weighted by atomic mass is 10.0. The van der Waals surface area contributed by atoms with Crippen LogP contribution < -0.4 is 5.32 Å². The van der Waals surface area contributed by atoms with Gasteiger partial charge in [-0.25, -0.2) is 4.39 Å². The van der Waals surface area contributed by atoms with Gasteiger partial charge >= 0.3 is 0 Å². The number of benzene rings is 1. The van der Waals surface area contributed by atoms with Gasteiger partial charge in [0.25, 0.3) is 0 Å². The van der Waals surface area contributed by atoms with Gasteiger partial charge in [0.1, 0.15) is 5.82 Å². The van der Waals surface area contributed by atoms with Crippen LogP contribution in [0.5, 0.6) is 0 Å². The van der Waals surface area contributed by atoms with E-state index in [4.69, 9.17) is 0 Å². The molecule has 2 rings (SSSR count). The summed E-state index contributed by atoms with van der Waals surface area (Å²) in [6.45, 7) is 4.30. The molecule has 2 aromatic rings. The van der Waals surface area contributed by atoms with Crippen molar-refractivity contribution < 1.29 is 9.18 Å². The van der Waals surface area contributed by atoms with Crippen LogP contribution in [-0.2, 0) is 11.2 Å². The third kappa shape index (κ3) is 6.47. The van der Waals surface area contributed by atoms with Crippen molar-refractivity contribution in [3.63, 3.8) is 0 Å². The fourth-order valence-corrected chi connectivity index (χ4v) is 3.42. The van der Waals surface area contributed by atoms with E-state index in [1.165, 1.54) is 38.2 Å². The average molecular weight is 361 g/mol. The van der Waals surface area contributed by atoms with Gasteiger partial charge in [0.15, 0.2) is 0 Å². The molecule has 0 aliphatic rings. The van der Waals surface area contributed by atoms with Crippen molar-refractivity contribution in [2.24, 2.45) is 0 Å². The second-order valence-electron chi connectivity index (χ2n) is 7.25. The van der Waals surface area contributed by atoms with Crippen LogP contribution >= 0.6 is 0 Å². The molecule has 0 spiro atoms. The Morgan fingerprint density at radius 2 is 1.85 bits per heavy atom. The van der Waals surface area contributed by atoms with Gasteiger partial charge in [0, 0.05) is 29.6 Å². The minimum Gasteiger partial charge on any atom is -0.361 e. The first-order valence-electron chi connectivity index (χ1n) is 10.2. The Hall–Kier alpha value is -1.84. The predicted octanol–water partition coefficient (Wildman–Crippen LogP) is 5.89. The highest BCUT2D eigenvalue weighted by molar-refractivity contribution is 5.83. The van der Waals surface area contributed by atoms with Gasteiger partial charge < -0.3 is 10.3 Å². The van der Waals surface area contributed by atoms with Gasteiger partial charge in [-0.3, -0.25) is 4.79 Å². The maximum atomic E-state index is 13.5. The van der Waals surface area contributed by atoms with Crippen molar-refractivity contribution >= 4 is 16.8 Å². The SMILES string of the molecule is CCCCCCCCCC(=O)NC(CC)Cc1c[nH]c2ccc(F)cc12. The highest BCUT2D eigenvalue weighted by Crippen LogP contribution is 2.21. The molecule has 1 atom stereocenters. The van der Waals surface area contributed by atoms with E-state index in [0.717, 1.165) is 42.1 Å². The Labute approximate surface area is 156 Å². The van der Waals surface area contributed by atoms with Gasteiger partial charge in [0.05, 0.1) is 0 Å². The summed E-state index contributed by atoms with van der Waals surface area (Å²) in [6.07, 6.45) is 12.6. The Kier molecular flexibility index (Phi) is 8.66. The quantitative estimate of drug-likeness (QED) is 0.456. The number of hydrogen-bond acceptors (Lipinski definition) is 1. The number of unbranched alkanes of at least 4 members (excludes halogenated alkanes) is 6. The molecule has 0 radical (unpaired) electrons. The number of aromatic amines is 1. The summed E-state index contributed by atoms with van der Waals surface area (Å²) >= 11 is 0. The zero-order valence-corrected chi connectivity index (χ0v) is 16.2. The van der Waals surface area contributed by atoms with Crippen LogP contribution in [0.4, 0.5) is 4.39 Å². The number of amides is 1. The topological polar surface area (TPSA) is 44.9 Å². The molecule has 0 saturated heterocycles. The molecule has 2 N–H and O–H groups in total. The summed E-state index contributed by atoms with van der Waals surface area (Å²) < 4.78 is 13.5. The van der Waals surface area contributed by atoms with Crippen molar-refractivity contribution in [3.8, 4) is 0 Å². The molecule has 1 heterocycles. The van der Waals surface area contributed by atoms with Gasteiger partial charge in [-0.15, -0.1) is 0 Å². The number of nitrogens with one attached hydrogen (secondary N) is 2. The summed E-state index contributed by atoms with van der Waals surface area (Å²) in [6, 6.07) is 4.88. The van der Waals surface area contributed by atoms with Crippen LogP contribution in [0.3, 0.4) is 0 Å². The van der Waals surface area contributed by atoms with Gasteiger partial charge in [-0.1, -0.05) is 52.4 Å². The third-order valence-corrected chi connectivity index (χ3v) is 5.06. The van der Waals surface area contributed by atoms with Crippen LogP contribution in [0.25, 0.3) is 10.9 Å². The van der Waals surface area contributed by atoms with Crippen LogP contribution in [0.15, 0.2) is 24.4 Å². The van der Waals surface area contributed by atoms with E-state index in [1.807, 2.05) is 6.20 Å². The second kappa shape index (κ2) is 11.0. The molecule has 3 nitrogen and oxygen atoms in total. The van der Waals surface area contributed by atoms with Crippen LogP contribution in [0.2, 0.25) is 0 Å². The second-order valence-corrected chi connectivity index (χ2v) is 7.25. The highest BCUT2D eigenvalue weighted by atomic mass is 19.1. The zero-order chi connectivity index (χ0) is 18.8. The van der Waals surface area contributed by atoms with Crippen molar-refractivity contribution in [2.75, 3.05) is 0 Å². The number of carbonyl (C=O) groups excluding carboxylic acids is 1. The third-order valence-electron chi connectivity index (χ3n) is 5.06. The Morgan fingerprint density at radius 1 is 1.12 bits per heavy atom. The van der Waals surface area contributed by atoms with E-state index in [2.05, 4.69) is 24.1 Å². The number of rotatable bonds is 12. The van der Waals surface area contributed by atoms with Gasteiger partial charge in [-0.2, -0.15) is 0 Å². The lowest BCUT2D eigenvalue weighted by Gasteiger charge is -2.17. The Balaban J connectivity index is 1.76. The minimum atomic E-state index is -0.227. The zero-order valence-electron chi connectivity index (χ0n) is 16.2. The molecular formula is C22H33FN2O. The van der Waals surface area contributed by atoms with E-state index >= 15 is 0 Å². The Morgan fingerprint density at radius 3 is 2.58 bits per heavy atom.